The second-order valence-corrected chi connectivity index (χ2v) is 4.45. The minimum absolute atomic E-state index is 0.136. The first kappa shape index (κ1) is 12.2. The van der Waals surface area contributed by atoms with Crippen LogP contribution < -0.4 is 0 Å². The number of allylic oxidation sites excluding steroid dienone is 1. The highest BCUT2D eigenvalue weighted by Crippen LogP contribution is 2.18. The van der Waals surface area contributed by atoms with Crippen molar-refractivity contribution in [3.05, 3.63) is 47.5 Å². The summed E-state index contributed by atoms with van der Waals surface area (Å²) in [5.74, 6) is 0.635. The van der Waals surface area contributed by atoms with Gasteiger partial charge in [0.2, 0.25) is 0 Å². The number of carbonyl (C=O) groups excluding carboxylic acids is 1. The van der Waals surface area contributed by atoms with Crippen LogP contribution in [0.1, 0.15) is 22.3 Å². The highest BCUT2D eigenvalue weighted by molar-refractivity contribution is 6.18. The molecule has 1 aromatic carbocycles. The summed E-state index contributed by atoms with van der Waals surface area (Å²) in [6.45, 7) is 1.47. The van der Waals surface area contributed by atoms with E-state index in [1.165, 1.54) is 5.56 Å². The smallest absolute Gasteiger partial charge is 0.254 e. The van der Waals surface area contributed by atoms with Crippen LogP contribution in [0.15, 0.2) is 36.4 Å². The van der Waals surface area contributed by atoms with Crippen LogP contribution in [0.25, 0.3) is 0 Å². The molecule has 0 unspecified atom stereocenters. The summed E-state index contributed by atoms with van der Waals surface area (Å²) in [4.78, 5) is 14.2. The van der Waals surface area contributed by atoms with Crippen LogP contribution in [-0.4, -0.2) is 29.8 Å². The SMILES string of the molecule is O=C1c2ccccc2CCCN1C/C=C/CCl. The molecule has 1 heterocycles. The van der Waals surface area contributed by atoms with E-state index in [4.69, 9.17) is 11.6 Å². The molecule has 17 heavy (non-hydrogen) atoms. The van der Waals surface area contributed by atoms with Crippen molar-refractivity contribution in [3.8, 4) is 0 Å². The molecule has 1 amide bonds. The predicted molar refractivity (Wildman–Crippen MR) is 70.5 cm³/mol. The Morgan fingerprint density at radius 2 is 2.12 bits per heavy atom. The lowest BCUT2D eigenvalue weighted by Gasteiger charge is -2.18. The molecule has 0 aromatic heterocycles. The lowest BCUT2D eigenvalue weighted by atomic mass is 10.0. The van der Waals surface area contributed by atoms with Crippen molar-refractivity contribution in [2.75, 3.05) is 19.0 Å². The van der Waals surface area contributed by atoms with Crippen molar-refractivity contribution >= 4 is 17.5 Å². The molecule has 0 saturated carbocycles. The molecule has 2 nitrogen and oxygen atoms in total. The Bertz CT molecular complexity index is 428. The number of alkyl halides is 1. The van der Waals surface area contributed by atoms with Crippen molar-refractivity contribution < 1.29 is 4.79 Å². The fraction of sp³-hybridized carbons (Fsp3) is 0.357. The van der Waals surface area contributed by atoms with Gasteiger partial charge in [0.15, 0.2) is 0 Å². The number of hydrogen-bond donors (Lipinski definition) is 0. The molecule has 0 N–H and O–H groups in total. The van der Waals surface area contributed by atoms with Gasteiger partial charge in [0, 0.05) is 24.5 Å². The van der Waals surface area contributed by atoms with E-state index in [1.54, 1.807) is 0 Å². The Balaban J connectivity index is 2.17. The van der Waals surface area contributed by atoms with Gasteiger partial charge >= 0.3 is 0 Å². The van der Waals surface area contributed by atoms with Gasteiger partial charge in [0.05, 0.1) is 0 Å². The van der Waals surface area contributed by atoms with E-state index in [-0.39, 0.29) is 5.91 Å². The lowest BCUT2D eigenvalue weighted by Crippen LogP contribution is -2.31. The molecule has 90 valence electrons. The van der Waals surface area contributed by atoms with Gasteiger partial charge in [-0.1, -0.05) is 30.4 Å². The second-order valence-electron chi connectivity index (χ2n) is 4.14. The van der Waals surface area contributed by atoms with Gasteiger partial charge in [-0.25, -0.2) is 0 Å². The molecular formula is C14H16ClNO. The molecule has 1 aliphatic rings. The van der Waals surface area contributed by atoms with Gasteiger partial charge in [-0.05, 0) is 24.5 Å². The molecule has 0 fully saturated rings. The van der Waals surface area contributed by atoms with E-state index in [1.807, 2.05) is 41.3 Å². The topological polar surface area (TPSA) is 20.3 Å². The van der Waals surface area contributed by atoms with Crippen molar-refractivity contribution in [2.45, 2.75) is 12.8 Å². The molecule has 0 aliphatic carbocycles. The van der Waals surface area contributed by atoms with Crippen LogP contribution in [0, 0.1) is 0 Å². The number of amides is 1. The summed E-state index contributed by atoms with van der Waals surface area (Å²) in [6.07, 6.45) is 5.85. The fourth-order valence-electron chi connectivity index (χ4n) is 2.12. The van der Waals surface area contributed by atoms with Crippen molar-refractivity contribution in [1.29, 1.82) is 0 Å². The molecule has 3 heteroatoms. The van der Waals surface area contributed by atoms with Gasteiger partial charge < -0.3 is 4.90 Å². The maximum absolute atomic E-state index is 12.3. The van der Waals surface area contributed by atoms with Crippen LogP contribution in [0.5, 0.6) is 0 Å². The van der Waals surface area contributed by atoms with E-state index < -0.39 is 0 Å². The molecule has 0 spiro atoms. The van der Waals surface area contributed by atoms with Gasteiger partial charge in [-0.2, -0.15) is 0 Å². The first-order valence-electron chi connectivity index (χ1n) is 5.91. The van der Waals surface area contributed by atoms with Crippen LogP contribution in [0.2, 0.25) is 0 Å². The van der Waals surface area contributed by atoms with Gasteiger partial charge in [-0.15, -0.1) is 11.6 Å². The van der Waals surface area contributed by atoms with E-state index in [2.05, 4.69) is 0 Å². The number of fused-ring (bicyclic) bond motifs is 1. The normalized spacial score (nSPS) is 16.1. The number of hydrogen-bond acceptors (Lipinski definition) is 1. The summed E-state index contributed by atoms with van der Waals surface area (Å²) in [5, 5.41) is 0. The van der Waals surface area contributed by atoms with Gasteiger partial charge in [0.25, 0.3) is 5.91 Å². The summed E-state index contributed by atoms with van der Waals surface area (Å²) >= 11 is 5.58. The number of carbonyl (C=O) groups is 1. The summed E-state index contributed by atoms with van der Waals surface area (Å²) < 4.78 is 0. The Hall–Kier alpha value is -1.28. The Morgan fingerprint density at radius 1 is 1.29 bits per heavy atom. The number of rotatable bonds is 3. The number of aryl methyl sites for hydroxylation is 1. The third-order valence-electron chi connectivity index (χ3n) is 2.99. The standard InChI is InChI=1S/C14H16ClNO/c15-9-3-4-10-16-11-5-7-12-6-1-2-8-13(12)14(16)17/h1-4,6,8H,5,7,9-11H2/b4-3+. The highest BCUT2D eigenvalue weighted by Gasteiger charge is 2.20. The van der Waals surface area contributed by atoms with Crippen LogP contribution in [-0.2, 0) is 6.42 Å². The summed E-state index contributed by atoms with van der Waals surface area (Å²) in [6, 6.07) is 7.89. The van der Waals surface area contributed by atoms with Crippen molar-refractivity contribution in [1.82, 2.24) is 4.90 Å². The monoisotopic (exact) mass is 249 g/mol. The van der Waals surface area contributed by atoms with E-state index in [0.717, 1.165) is 24.9 Å². The molecule has 1 aliphatic heterocycles. The number of benzene rings is 1. The molecule has 0 radical (unpaired) electrons. The quantitative estimate of drug-likeness (QED) is 0.596. The molecule has 2 rings (SSSR count). The predicted octanol–water partition coefficient (Wildman–Crippen LogP) is 2.87. The number of halogens is 1. The Morgan fingerprint density at radius 3 is 2.94 bits per heavy atom. The third-order valence-corrected chi connectivity index (χ3v) is 3.17. The fourth-order valence-corrected chi connectivity index (χ4v) is 2.24. The molecular weight excluding hydrogens is 234 g/mol. The minimum atomic E-state index is 0.136. The highest BCUT2D eigenvalue weighted by atomic mass is 35.5. The lowest BCUT2D eigenvalue weighted by molar-refractivity contribution is 0.0779. The average Bonchev–Trinajstić information content (AvgIpc) is 2.51. The summed E-state index contributed by atoms with van der Waals surface area (Å²) in [5.41, 5.74) is 2.02. The van der Waals surface area contributed by atoms with Crippen LogP contribution in [0.3, 0.4) is 0 Å². The second kappa shape index (κ2) is 5.87. The van der Waals surface area contributed by atoms with Crippen molar-refractivity contribution in [2.24, 2.45) is 0 Å². The maximum Gasteiger partial charge on any atom is 0.254 e. The minimum Gasteiger partial charge on any atom is -0.335 e. The van der Waals surface area contributed by atoms with E-state index in [9.17, 15) is 4.79 Å². The molecule has 0 bridgehead atoms. The Kier molecular flexibility index (Phi) is 4.21. The van der Waals surface area contributed by atoms with Crippen LogP contribution >= 0.6 is 11.6 Å². The largest absolute Gasteiger partial charge is 0.335 e. The zero-order chi connectivity index (χ0) is 12.1. The first-order valence-corrected chi connectivity index (χ1v) is 6.44. The molecule has 1 aromatic rings. The van der Waals surface area contributed by atoms with Crippen molar-refractivity contribution in [3.63, 3.8) is 0 Å². The van der Waals surface area contributed by atoms with E-state index in [0.29, 0.717) is 12.4 Å². The van der Waals surface area contributed by atoms with Gasteiger partial charge in [-0.3, -0.25) is 4.79 Å². The number of nitrogens with zero attached hydrogens (tertiary/aromatic N) is 1. The third kappa shape index (κ3) is 2.89. The maximum atomic E-state index is 12.3. The summed E-state index contributed by atoms with van der Waals surface area (Å²) in [7, 11) is 0. The van der Waals surface area contributed by atoms with Crippen LogP contribution in [0.4, 0.5) is 0 Å². The zero-order valence-electron chi connectivity index (χ0n) is 9.73. The molecule has 0 saturated heterocycles. The Labute approximate surface area is 107 Å². The van der Waals surface area contributed by atoms with Gasteiger partial charge in [0.1, 0.15) is 0 Å². The zero-order valence-corrected chi connectivity index (χ0v) is 10.5. The van der Waals surface area contributed by atoms with E-state index >= 15 is 0 Å². The average molecular weight is 250 g/mol. The first-order chi connectivity index (χ1) is 8.33. The molecule has 0 atom stereocenters.